The van der Waals surface area contributed by atoms with Gasteiger partial charge in [-0.05, 0) is 19.1 Å². The number of hydrogen-bond acceptors (Lipinski definition) is 5. The Morgan fingerprint density at radius 1 is 1.36 bits per heavy atom. The quantitative estimate of drug-likeness (QED) is 0.811. The van der Waals surface area contributed by atoms with Crippen LogP contribution in [0.25, 0.3) is 11.0 Å². The van der Waals surface area contributed by atoms with Gasteiger partial charge in [-0.1, -0.05) is 12.1 Å². The van der Waals surface area contributed by atoms with Crippen LogP contribution in [0, 0.1) is 0 Å². The summed E-state index contributed by atoms with van der Waals surface area (Å²) in [6.45, 7) is 1.57. The average molecular weight is 303 g/mol. The number of carbonyl (C=O) groups is 2. The summed E-state index contributed by atoms with van der Waals surface area (Å²) in [6, 6.07) is 6.71. The van der Waals surface area contributed by atoms with Gasteiger partial charge in [0.05, 0.1) is 30.8 Å². The summed E-state index contributed by atoms with van der Waals surface area (Å²) in [5.41, 5.74) is 0.873. The van der Waals surface area contributed by atoms with Crippen LogP contribution in [0.5, 0.6) is 0 Å². The number of aromatic nitrogens is 2. The van der Waals surface area contributed by atoms with E-state index in [2.05, 4.69) is 15.0 Å². The van der Waals surface area contributed by atoms with E-state index in [1.54, 1.807) is 25.1 Å². The van der Waals surface area contributed by atoms with Crippen molar-refractivity contribution in [1.82, 2.24) is 14.9 Å². The van der Waals surface area contributed by atoms with Crippen LogP contribution in [0.3, 0.4) is 0 Å². The number of benzene rings is 1. The summed E-state index contributed by atoms with van der Waals surface area (Å²) < 4.78 is 5.89. The van der Waals surface area contributed by atoms with E-state index in [9.17, 15) is 14.4 Å². The highest BCUT2D eigenvalue weighted by molar-refractivity contribution is 5.80. The van der Waals surface area contributed by atoms with Crippen molar-refractivity contribution in [3.8, 4) is 0 Å². The second-order valence-corrected chi connectivity index (χ2v) is 4.92. The Labute approximate surface area is 126 Å². The summed E-state index contributed by atoms with van der Waals surface area (Å²) in [5, 5.41) is 2.67. The van der Waals surface area contributed by atoms with Gasteiger partial charge in [0.1, 0.15) is 6.54 Å². The third-order valence-corrected chi connectivity index (χ3v) is 3.16. The monoisotopic (exact) mass is 303 g/mol. The van der Waals surface area contributed by atoms with Crippen molar-refractivity contribution < 1.29 is 14.3 Å². The van der Waals surface area contributed by atoms with Crippen molar-refractivity contribution in [3.05, 3.63) is 40.8 Å². The van der Waals surface area contributed by atoms with Crippen molar-refractivity contribution >= 4 is 22.9 Å². The van der Waals surface area contributed by atoms with E-state index in [0.717, 1.165) is 0 Å². The van der Waals surface area contributed by atoms with Crippen molar-refractivity contribution in [1.29, 1.82) is 0 Å². The van der Waals surface area contributed by atoms with Crippen LogP contribution in [0.4, 0.5) is 0 Å². The van der Waals surface area contributed by atoms with E-state index in [4.69, 9.17) is 0 Å². The molecule has 1 aromatic carbocycles. The number of carbonyl (C=O) groups excluding carboxylic acids is 2. The molecule has 1 aromatic heterocycles. The Bertz CT molecular complexity index is 754. The minimum Gasteiger partial charge on any atom is -0.469 e. The predicted octanol–water partition coefficient (Wildman–Crippen LogP) is 0.464. The maximum atomic E-state index is 12.0. The molecule has 0 spiro atoms. The van der Waals surface area contributed by atoms with E-state index < -0.39 is 5.97 Å². The lowest BCUT2D eigenvalue weighted by molar-refractivity contribution is -0.141. The SMILES string of the molecule is COC(=O)CC(C)NC(=O)Cn1c(=O)cnc2ccccc21. The van der Waals surface area contributed by atoms with Gasteiger partial charge in [0.25, 0.3) is 5.56 Å². The number of nitrogens with one attached hydrogen (secondary N) is 1. The topological polar surface area (TPSA) is 90.3 Å². The Kier molecular flexibility index (Phi) is 4.88. The molecule has 0 aliphatic heterocycles. The van der Waals surface area contributed by atoms with Crippen molar-refractivity contribution in [2.75, 3.05) is 7.11 Å². The summed E-state index contributed by atoms with van der Waals surface area (Å²) in [4.78, 5) is 39.2. The van der Waals surface area contributed by atoms with Crippen LogP contribution in [0.15, 0.2) is 35.3 Å². The van der Waals surface area contributed by atoms with Gasteiger partial charge >= 0.3 is 5.97 Å². The fourth-order valence-corrected chi connectivity index (χ4v) is 2.13. The lowest BCUT2D eigenvalue weighted by Gasteiger charge is -2.14. The molecule has 1 atom stereocenters. The summed E-state index contributed by atoms with van der Waals surface area (Å²) in [6.07, 6.45) is 1.27. The molecule has 0 radical (unpaired) electrons. The highest BCUT2D eigenvalue weighted by Gasteiger charge is 2.14. The van der Waals surface area contributed by atoms with Gasteiger partial charge < -0.3 is 10.1 Å². The molecule has 1 N–H and O–H groups in total. The number of nitrogens with zero attached hydrogens (tertiary/aromatic N) is 2. The third kappa shape index (κ3) is 3.69. The molecular weight excluding hydrogens is 286 g/mol. The largest absolute Gasteiger partial charge is 0.469 e. The van der Waals surface area contributed by atoms with Crippen molar-refractivity contribution in [2.45, 2.75) is 25.9 Å². The second kappa shape index (κ2) is 6.84. The highest BCUT2D eigenvalue weighted by Crippen LogP contribution is 2.08. The molecule has 7 heteroatoms. The number of rotatable bonds is 5. The zero-order valence-electron chi connectivity index (χ0n) is 12.4. The molecule has 2 aromatic rings. The second-order valence-electron chi connectivity index (χ2n) is 4.92. The van der Waals surface area contributed by atoms with Gasteiger partial charge in [-0.15, -0.1) is 0 Å². The minimum absolute atomic E-state index is 0.0776. The Balaban J connectivity index is 2.14. The number of methoxy groups -OCH3 is 1. The molecule has 22 heavy (non-hydrogen) atoms. The first-order valence-corrected chi connectivity index (χ1v) is 6.82. The summed E-state index contributed by atoms with van der Waals surface area (Å²) in [7, 11) is 1.29. The van der Waals surface area contributed by atoms with Crippen LogP contribution >= 0.6 is 0 Å². The van der Waals surface area contributed by atoms with E-state index in [-0.39, 0.29) is 30.5 Å². The van der Waals surface area contributed by atoms with Crippen LogP contribution in [-0.2, 0) is 20.9 Å². The summed E-state index contributed by atoms with van der Waals surface area (Å²) in [5.74, 6) is -0.755. The Hall–Kier alpha value is -2.70. The molecule has 0 aliphatic rings. The first-order valence-electron chi connectivity index (χ1n) is 6.82. The molecule has 1 heterocycles. The molecule has 7 nitrogen and oxygen atoms in total. The number of ether oxygens (including phenoxy) is 1. The number of para-hydroxylation sites is 2. The molecule has 0 fully saturated rings. The molecule has 0 saturated heterocycles. The molecule has 1 unspecified atom stereocenters. The van der Waals surface area contributed by atoms with Gasteiger partial charge in [0, 0.05) is 6.04 Å². The van der Waals surface area contributed by atoms with E-state index in [1.807, 2.05) is 6.07 Å². The zero-order valence-corrected chi connectivity index (χ0v) is 12.4. The summed E-state index contributed by atoms with van der Waals surface area (Å²) >= 11 is 0. The van der Waals surface area contributed by atoms with E-state index >= 15 is 0 Å². The molecule has 0 aliphatic carbocycles. The van der Waals surface area contributed by atoms with Crippen molar-refractivity contribution in [2.24, 2.45) is 0 Å². The van der Waals surface area contributed by atoms with Crippen molar-refractivity contribution in [3.63, 3.8) is 0 Å². The number of esters is 1. The van der Waals surface area contributed by atoms with Crippen LogP contribution in [-0.4, -0.2) is 34.6 Å². The maximum absolute atomic E-state index is 12.0. The maximum Gasteiger partial charge on any atom is 0.307 e. The third-order valence-electron chi connectivity index (χ3n) is 3.16. The van der Waals surface area contributed by atoms with E-state index in [1.165, 1.54) is 17.9 Å². The Morgan fingerprint density at radius 3 is 2.82 bits per heavy atom. The molecular formula is C15H17N3O4. The lowest BCUT2D eigenvalue weighted by Crippen LogP contribution is -2.38. The lowest BCUT2D eigenvalue weighted by atomic mass is 10.2. The highest BCUT2D eigenvalue weighted by atomic mass is 16.5. The van der Waals surface area contributed by atoms with Gasteiger partial charge in [0.15, 0.2) is 0 Å². The number of hydrogen-bond donors (Lipinski definition) is 1. The Morgan fingerprint density at radius 2 is 2.09 bits per heavy atom. The average Bonchev–Trinajstić information content (AvgIpc) is 2.49. The normalized spacial score (nSPS) is 11.9. The molecule has 1 amide bonds. The first kappa shape index (κ1) is 15.7. The first-order chi connectivity index (χ1) is 10.5. The molecule has 116 valence electrons. The fourth-order valence-electron chi connectivity index (χ4n) is 2.13. The van der Waals surface area contributed by atoms with Gasteiger partial charge in [-0.3, -0.25) is 19.0 Å². The zero-order chi connectivity index (χ0) is 16.1. The number of fused-ring (bicyclic) bond motifs is 1. The van der Waals surface area contributed by atoms with Crippen LogP contribution in [0.2, 0.25) is 0 Å². The van der Waals surface area contributed by atoms with Gasteiger partial charge in [-0.2, -0.15) is 0 Å². The number of amides is 1. The van der Waals surface area contributed by atoms with Gasteiger partial charge in [-0.25, -0.2) is 4.98 Å². The molecule has 0 saturated carbocycles. The standard InChI is InChI=1S/C15H17N3O4/c1-10(7-15(21)22-2)17-13(19)9-18-12-6-4-3-5-11(12)16-8-14(18)20/h3-6,8,10H,7,9H2,1-2H3,(H,17,19). The van der Waals surface area contributed by atoms with Gasteiger partial charge in [0.2, 0.25) is 5.91 Å². The fraction of sp³-hybridized carbons (Fsp3) is 0.333. The molecule has 0 bridgehead atoms. The predicted molar refractivity (Wildman–Crippen MR) is 80.2 cm³/mol. The smallest absolute Gasteiger partial charge is 0.307 e. The van der Waals surface area contributed by atoms with Crippen LogP contribution < -0.4 is 10.9 Å². The van der Waals surface area contributed by atoms with Crippen LogP contribution in [0.1, 0.15) is 13.3 Å². The minimum atomic E-state index is -0.403. The molecule has 2 rings (SSSR count). The van der Waals surface area contributed by atoms with E-state index in [0.29, 0.717) is 11.0 Å².